The molecular formula is C14H20ClNO3. The van der Waals surface area contributed by atoms with Crippen molar-refractivity contribution in [1.29, 1.82) is 0 Å². The topological polar surface area (TPSA) is 52.4 Å². The highest BCUT2D eigenvalue weighted by Gasteiger charge is 2.12. The highest BCUT2D eigenvalue weighted by Crippen LogP contribution is 2.28. The summed E-state index contributed by atoms with van der Waals surface area (Å²) < 4.78 is 5.52. The maximum Gasteiger partial charge on any atom is 0.288 e. The average Bonchev–Trinajstić information content (AvgIpc) is 2.37. The molecule has 0 aromatic heterocycles. The van der Waals surface area contributed by atoms with Gasteiger partial charge in [-0.1, -0.05) is 50.6 Å². The van der Waals surface area contributed by atoms with Gasteiger partial charge < -0.3 is 4.74 Å². The van der Waals surface area contributed by atoms with Crippen LogP contribution in [0, 0.1) is 10.1 Å². The summed E-state index contributed by atoms with van der Waals surface area (Å²) in [7, 11) is 0. The molecule has 0 fully saturated rings. The number of unbranched alkanes of at least 4 members (excludes halogenated alkanes) is 5. The minimum Gasteiger partial charge on any atom is -0.494 e. The van der Waals surface area contributed by atoms with Gasteiger partial charge in [0.05, 0.1) is 11.5 Å². The second-order valence-corrected chi connectivity index (χ2v) is 4.89. The van der Waals surface area contributed by atoms with E-state index in [1.807, 2.05) is 0 Å². The number of rotatable bonds is 9. The van der Waals surface area contributed by atoms with E-state index in [-0.39, 0.29) is 10.7 Å². The van der Waals surface area contributed by atoms with E-state index < -0.39 is 4.92 Å². The quantitative estimate of drug-likeness (QED) is 0.365. The van der Waals surface area contributed by atoms with Crippen LogP contribution < -0.4 is 4.74 Å². The van der Waals surface area contributed by atoms with Crippen LogP contribution >= 0.6 is 11.6 Å². The van der Waals surface area contributed by atoms with Gasteiger partial charge in [0.15, 0.2) is 0 Å². The van der Waals surface area contributed by atoms with Crippen LogP contribution in [0.1, 0.15) is 45.4 Å². The molecule has 1 aromatic rings. The summed E-state index contributed by atoms with van der Waals surface area (Å²) in [5, 5.41) is 10.7. The number of benzene rings is 1. The predicted octanol–water partition coefficient (Wildman–Crippen LogP) is 4.99. The molecule has 19 heavy (non-hydrogen) atoms. The number of ether oxygens (including phenoxy) is 1. The molecule has 0 bridgehead atoms. The Labute approximate surface area is 118 Å². The van der Waals surface area contributed by atoms with Crippen LogP contribution in [-0.2, 0) is 0 Å². The molecule has 0 saturated carbocycles. The number of nitro groups is 1. The second kappa shape index (κ2) is 8.75. The zero-order valence-corrected chi connectivity index (χ0v) is 12.0. The maximum atomic E-state index is 10.6. The highest BCUT2D eigenvalue weighted by atomic mass is 35.5. The minimum atomic E-state index is -0.500. The smallest absolute Gasteiger partial charge is 0.288 e. The van der Waals surface area contributed by atoms with E-state index in [0.717, 1.165) is 12.8 Å². The molecule has 1 rings (SSSR count). The van der Waals surface area contributed by atoms with E-state index >= 15 is 0 Å². The van der Waals surface area contributed by atoms with Crippen molar-refractivity contribution >= 4 is 17.3 Å². The van der Waals surface area contributed by atoms with Gasteiger partial charge in [0.25, 0.3) is 5.69 Å². The first-order valence-electron chi connectivity index (χ1n) is 6.72. The van der Waals surface area contributed by atoms with E-state index in [0.29, 0.717) is 12.4 Å². The van der Waals surface area contributed by atoms with E-state index in [4.69, 9.17) is 16.3 Å². The van der Waals surface area contributed by atoms with E-state index in [1.165, 1.54) is 37.8 Å². The monoisotopic (exact) mass is 285 g/mol. The molecule has 0 atom stereocenters. The van der Waals surface area contributed by atoms with Crippen LogP contribution in [-0.4, -0.2) is 11.5 Å². The summed E-state index contributed by atoms with van der Waals surface area (Å²) in [4.78, 5) is 10.1. The van der Waals surface area contributed by atoms with Gasteiger partial charge in [0.2, 0.25) is 0 Å². The number of halogens is 1. The van der Waals surface area contributed by atoms with Crippen molar-refractivity contribution in [3.05, 3.63) is 33.3 Å². The van der Waals surface area contributed by atoms with Crippen LogP contribution in [0.5, 0.6) is 5.75 Å². The number of nitro benzene ring substituents is 1. The lowest BCUT2D eigenvalue weighted by molar-refractivity contribution is -0.384. The third-order valence-electron chi connectivity index (χ3n) is 2.88. The Morgan fingerprint density at radius 1 is 1.21 bits per heavy atom. The van der Waals surface area contributed by atoms with Gasteiger partial charge in [-0.25, -0.2) is 0 Å². The molecule has 5 heteroatoms. The van der Waals surface area contributed by atoms with E-state index in [1.54, 1.807) is 6.07 Å². The molecule has 1 aromatic carbocycles. The molecule has 0 saturated heterocycles. The van der Waals surface area contributed by atoms with Gasteiger partial charge >= 0.3 is 0 Å². The molecule has 0 aliphatic rings. The van der Waals surface area contributed by atoms with E-state index in [9.17, 15) is 10.1 Å². The molecule has 0 N–H and O–H groups in total. The molecule has 0 heterocycles. The molecule has 0 spiro atoms. The number of nitrogens with zero attached hydrogens (tertiary/aromatic N) is 1. The highest BCUT2D eigenvalue weighted by molar-refractivity contribution is 6.32. The Morgan fingerprint density at radius 2 is 1.89 bits per heavy atom. The number of hydrogen-bond donors (Lipinski definition) is 0. The van der Waals surface area contributed by atoms with Crippen LogP contribution in [0.15, 0.2) is 18.2 Å². The SMILES string of the molecule is CCCCCCCCOc1ccc([N+](=O)[O-])c(Cl)c1. The lowest BCUT2D eigenvalue weighted by Gasteiger charge is -2.06. The van der Waals surface area contributed by atoms with Gasteiger partial charge in [0.1, 0.15) is 10.8 Å². The first-order valence-corrected chi connectivity index (χ1v) is 7.09. The van der Waals surface area contributed by atoms with Crippen LogP contribution in [0.3, 0.4) is 0 Å². The first-order chi connectivity index (χ1) is 9.15. The average molecular weight is 286 g/mol. The van der Waals surface area contributed by atoms with Gasteiger partial charge in [-0.15, -0.1) is 0 Å². The Balaban J connectivity index is 2.26. The second-order valence-electron chi connectivity index (χ2n) is 4.49. The van der Waals surface area contributed by atoms with Crippen molar-refractivity contribution in [2.45, 2.75) is 45.4 Å². The Hall–Kier alpha value is -1.29. The fourth-order valence-electron chi connectivity index (χ4n) is 1.80. The van der Waals surface area contributed by atoms with Crippen LogP contribution in [0.4, 0.5) is 5.69 Å². The number of hydrogen-bond acceptors (Lipinski definition) is 3. The van der Waals surface area contributed by atoms with Crippen molar-refractivity contribution in [1.82, 2.24) is 0 Å². The van der Waals surface area contributed by atoms with Crippen molar-refractivity contribution in [3.8, 4) is 5.75 Å². The van der Waals surface area contributed by atoms with Gasteiger partial charge in [-0.2, -0.15) is 0 Å². The van der Waals surface area contributed by atoms with Crippen LogP contribution in [0.25, 0.3) is 0 Å². The first kappa shape index (κ1) is 15.8. The summed E-state index contributed by atoms with van der Waals surface area (Å²) in [5.41, 5.74) is -0.0893. The minimum absolute atomic E-state index is 0.0893. The van der Waals surface area contributed by atoms with Crippen LogP contribution in [0.2, 0.25) is 5.02 Å². The van der Waals surface area contributed by atoms with Crippen molar-refractivity contribution in [2.24, 2.45) is 0 Å². The normalized spacial score (nSPS) is 10.4. The largest absolute Gasteiger partial charge is 0.494 e. The molecule has 0 unspecified atom stereocenters. The summed E-state index contributed by atoms with van der Waals surface area (Å²) in [6.07, 6.45) is 7.20. The van der Waals surface area contributed by atoms with Crippen molar-refractivity contribution in [2.75, 3.05) is 6.61 Å². The molecule has 106 valence electrons. The Bertz CT molecular complexity index is 410. The summed E-state index contributed by atoms with van der Waals surface area (Å²) >= 11 is 5.80. The molecule has 0 radical (unpaired) electrons. The standard InChI is InChI=1S/C14H20ClNO3/c1-2-3-4-5-6-7-10-19-12-8-9-14(16(17)18)13(15)11-12/h8-9,11H,2-7,10H2,1H3. The third-order valence-corrected chi connectivity index (χ3v) is 3.19. The fourth-order valence-corrected chi connectivity index (χ4v) is 2.04. The van der Waals surface area contributed by atoms with Crippen molar-refractivity contribution in [3.63, 3.8) is 0 Å². The zero-order chi connectivity index (χ0) is 14.1. The summed E-state index contributed by atoms with van der Waals surface area (Å²) in [6.45, 7) is 2.82. The lowest BCUT2D eigenvalue weighted by Crippen LogP contribution is -1.98. The van der Waals surface area contributed by atoms with Gasteiger partial charge in [-0.05, 0) is 12.5 Å². The lowest BCUT2D eigenvalue weighted by atomic mass is 10.1. The Morgan fingerprint density at radius 3 is 2.53 bits per heavy atom. The Kier molecular flexibility index (Phi) is 7.26. The van der Waals surface area contributed by atoms with Gasteiger partial charge in [-0.3, -0.25) is 10.1 Å². The molecule has 0 aliphatic heterocycles. The predicted molar refractivity (Wildman–Crippen MR) is 77.0 cm³/mol. The van der Waals surface area contributed by atoms with E-state index in [2.05, 4.69) is 6.92 Å². The van der Waals surface area contributed by atoms with Crippen molar-refractivity contribution < 1.29 is 9.66 Å². The maximum absolute atomic E-state index is 10.6. The molecular weight excluding hydrogens is 266 g/mol. The van der Waals surface area contributed by atoms with Gasteiger partial charge in [0, 0.05) is 12.1 Å². The zero-order valence-electron chi connectivity index (χ0n) is 11.2. The summed E-state index contributed by atoms with van der Waals surface area (Å²) in [6, 6.07) is 4.46. The third kappa shape index (κ3) is 5.92. The molecule has 0 aliphatic carbocycles. The summed E-state index contributed by atoms with van der Waals surface area (Å²) in [5.74, 6) is 0.587. The molecule has 4 nitrogen and oxygen atoms in total. The molecule has 0 amide bonds. The fraction of sp³-hybridized carbons (Fsp3) is 0.571.